The van der Waals surface area contributed by atoms with E-state index in [1.807, 2.05) is 0 Å². The van der Waals surface area contributed by atoms with Gasteiger partial charge in [0.25, 0.3) is 0 Å². The SMILES string of the molecule is CC(F)CCC[N+]#N. The van der Waals surface area contributed by atoms with Gasteiger partial charge in [-0.3, -0.25) is 0 Å². The maximum absolute atomic E-state index is 11.9. The van der Waals surface area contributed by atoms with Gasteiger partial charge in [-0.25, -0.2) is 4.39 Å². The lowest BCUT2D eigenvalue weighted by Gasteiger charge is -1.91. The summed E-state index contributed by atoms with van der Waals surface area (Å²) in [6.45, 7) is 1.85. The molecule has 0 radical (unpaired) electrons. The van der Waals surface area contributed by atoms with Crippen LogP contribution in [0.15, 0.2) is 0 Å². The molecule has 0 aromatic rings. The van der Waals surface area contributed by atoms with Gasteiger partial charge in [0.15, 0.2) is 0 Å². The molecule has 0 bridgehead atoms. The van der Waals surface area contributed by atoms with Crippen LogP contribution in [0.5, 0.6) is 0 Å². The lowest BCUT2D eigenvalue weighted by atomic mass is 10.2. The van der Waals surface area contributed by atoms with Crippen LogP contribution in [-0.4, -0.2) is 12.7 Å². The van der Waals surface area contributed by atoms with Gasteiger partial charge in [0.1, 0.15) is 4.98 Å². The Morgan fingerprint density at radius 1 is 1.75 bits per heavy atom. The molecule has 0 amide bonds. The minimum absolute atomic E-state index is 0.355. The minimum atomic E-state index is -0.767. The summed E-state index contributed by atoms with van der Waals surface area (Å²) >= 11 is 0. The molecule has 0 aromatic heterocycles. The molecule has 0 fully saturated rings. The lowest BCUT2D eigenvalue weighted by molar-refractivity contribution is 0.338. The maximum Gasteiger partial charge on any atom is 0.305 e. The molecule has 2 nitrogen and oxygen atoms in total. The molecule has 8 heavy (non-hydrogen) atoms. The average Bonchev–Trinajstić information content (AvgIpc) is 1.66. The molecule has 0 saturated carbocycles. The van der Waals surface area contributed by atoms with Crippen LogP contribution in [0.4, 0.5) is 4.39 Å². The summed E-state index contributed by atoms with van der Waals surface area (Å²) in [4.78, 5) is 2.84. The van der Waals surface area contributed by atoms with E-state index in [1.165, 1.54) is 6.92 Å². The second kappa shape index (κ2) is 4.51. The first-order valence-corrected chi connectivity index (χ1v) is 2.72. The molecule has 0 N–H and O–H groups in total. The summed E-state index contributed by atoms with van der Waals surface area (Å²) in [5, 5.41) is 7.88. The number of hydrogen-bond acceptors (Lipinski definition) is 1. The normalized spacial score (nSPS) is 12.6. The lowest BCUT2D eigenvalue weighted by Crippen LogP contribution is -1.91. The van der Waals surface area contributed by atoms with E-state index in [0.717, 1.165) is 0 Å². The molecule has 3 heteroatoms. The molecular weight excluding hydrogens is 107 g/mol. The molecule has 0 rings (SSSR count). The molecule has 0 spiro atoms. The van der Waals surface area contributed by atoms with Gasteiger partial charge in [0.05, 0.1) is 6.17 Å². The molecule has 46 valence electrons. The smallest absolute Gasteiger partial charge is 0.248 e. The Balaban J connectivity index is 2.85. The van der Waals surface area contributed by atoms with E-state index < -0.39 is 6.17 Å². The van der Waals surface area contributed by atoms with Crippen molar-refractivity contribution in [1.82, 2.24) is 0 Å². The Kier molecular flexibility index (Phi) is 4.14. The van der Waals surface area contributed by atoms with Crippen molar-refractivity contribution in [1.29, 1.82) is 5.39 Å². The van der Waals surface area contributed by atoms with Crippen LogP contribution < -0.4 is 0 Å². The first-order valence-electron chi connectivity index (χ1n) is 2.72. The van der Waals surface area contributed by atoms with Gasteiger partial charge in [-0.15, -0.1) is 0 Å². The fraction of sp³-hybridized carbons (Fsp3) is 1.00. The van der Waals surface area contributed by atoms with Crippen LogP contribution in [0, 0.1) is 5.39 Å². The fourth-order valence-electron chi connectivity index (χ4n) is 0.443. The van der Waals surface area contributed by atoms with E-state index >= 15 is 0 Å². The van der Waals surface area contributed by atoms with E-state index in [9.17, 15) is 4.39 Å². The zero-order valence-electron chi connectivity index (χ0n) is 4.97. The Bertz CT molecular complexity index is 84.9. The molecule has 1 atom stereocenters. The third kappa shape index (κ3) is 5.35. The zero-order valence-corrected chi connectivity index (χ0v) is 4.97. The second-order valence-corrected chi connectivity index (χ2v) is 1.79. The van der Waals surface area contributed by atoms with Crippen molar-refractivity contribution in [2.75, 3.05) is 6.54 Å². The number of hydrogen-bond donors (Lipinski definition) is 0. The standard InChI is InChI=1S/C5H10FN2/c1-5(6)3-2-4-8-7/h5H,2-4H2,1H3/q+1. The van der Waals surface area contributed by atoms with E-state index in [4.69, 9.17) is 5.39 Å². The first kappa shape index (κ1) is 7.35. The van der Waals surface area contributed by atoms with Crippen LogP contribution in [-0.2, 0) is 0 Å². The van der Waals surface area contributed by atoms with Gasteiger partial charge in [-0.1, -0.05) is 0 Å². The number of rotatable bonds is 3. The van der Waals surface area contributed by atoms with Gasteiger partial charge in [0.2, 0.25) is 5.39 Å². The van der Waals surface area contributed by atoms with Crippen LogP contribution in [0.1, 0.15) is 19.8 Å². The molecule has 0 aliphatic heterocycles. The summed E-state index contributed by atoms with van der Waals surface area (Å²) in [6.07, 6.45) is 0.356. The van der Waals surface area contributed by atoms with Crippen molar-refractivity contribution < 1.29 is 4.39 Å². The van der Waals surface area contributed by atoms with Crippen molar-refractivity contribution in [2.24, 2.45) is 0 Å². The molecule has 0 heterocycles. The summed E-state index contributed by atoms with van der Waals surface area (Å²) in [6, 6.07) is 0. The van der Waals surface area contributed by atoms with Crippen molar-refractivity contribution in [3.63, 3.8) is 0 Å². The number of diazo groups is 1. The zero-order chi connectivity index (χ0) is 6.41. The minimum Gasteiger partial charge on any atom is -0.248 e. The monoisotopic (exact) mass is 117 g/mol. The van der Waals surface area contributed by atoms with Gasteiger partial charge in [-0.2, -0.15) is 0 Å². The van der Waals surface area contributed by atoms with Gasteiger partial charge >= 0.3 is 6.54 Å². The Labute approximate surface area is 48.3 Å². The predicted octanol–water partition coefficient (Wildman–Crippen LogP) is 1.98. The van der Waals surface area contributed by atoms with Crippen molar-refractivity contribution in [2.45, 2.75) is 25.9 Å². The Morgan fingerprint density at radius 2 is 2.38 bits per heavy atom. The van der Waals surface area contributed by atoms with Crippen molar-refractivity contribution >= 4 is 0 Å². The van der Waals surface area contributed by atoms with Crippen molar-refractivity contribution in [3.05, 3.63) is 4.98 Å². The topological polar surface area (TPSA) is 28.1 Å². The van der Waals surface area contributed by atoms with Crippen LogP contribution >= 0.6 is 0 Å². The average molecular weight is 117 g/mol. The predicted molar refractivity (Wildman–Crippen MR) is 29.8 cm³/mol. The summed E-state index contributed by atoms with van der Waals surface area (Å²) in [7, 11) is 0. The van der Waals surface area contributed by atoms with E-state index in [1.54, 1.807) is 0 Å². The van der Waals surface area contributed by atoms with Crippen LogP contribution in [0.3, 0.4) is 0 Å². The summed E-state index contributed by atoms with van der Waals surface area (Å²) < 4.78 is 11.9. The third-order valence-corrected chi connectivity index (χ3v) is 0.860. The second-order valence-electron chi connectivity index (χ2n) is 1.79. The van der Waals surface area contributed by atoms with Crippen LogP contribution in [0.25, 0.3) is 4.98 Å². The van der Waals surface area contributed by atoms with Crippen molar-refractivity contribution in [3.8, 4) is 0 Å². The highest BCUT2D eigenvalue weighted by atomic mass is 19.1. The molecule has 0 aromatic carbocycles. The Hall–Kier alpha value is -0.650. The molecule has 0 aliphatic carbocycles. The first-order chi connectivity index (χ1) is 3.77. The highest BCUT2D eigenvalue weighted by Crippen LogP contribution is 1.99. The highest BCUT2D eigenvalue weighted by molar-refractivity contribution is 4.56. The Morgan fingerprint density at radius 3 is 2.75 bits per heavy atom. The van der Waals surface area contributed by atoms with E-state index in [2.05, 4.69) is 4.98 Å². The molecule has 0 aliphatic rings. The third-order valence-electron chi connectivity index (χ3n) is 0.860. The number of halogens is 1. The number of nitrogens with zero attached hydrogens (tertiary/aromatic N) is 2. The van der Waals surface area contributed by atoms with Gasteiger partial charge in [-0.05, 0) is 13.3 Å². The van der Waals surface area contributed by atoms with Gasteiger partial charge < -0.3 is 0 Å². The fourth-order valence-corrected chi connectivity index (χ4v) is 0.443. The van der Waals surface area contributed by atoms with E-state index in [0.29, 0.717) is 19.4 Å². The quantitative estimate of drug-likeness (QED) is 0.410. The molecule has 1 unspecified atom stereocenters. The van der Waals surface area contributed by atoms with Gasteiger partial charge in [0, 0.05) is 6.42 Å². The molecule has 0 saturated heterocycles. The maximum atomic E-state index is 11.9. The molecular formula is C5H10FN2+. The highest BCUT2D eigenvalue weighted by Gasteiger charge is 2.00. The largest absolute Gasteiger partial charge is 0.305 e. The summed E-state index contributed by atoms with van der Waals surface area (Å²) in [5.41, 5.74) is 0. The van der Waals surface area contributed by atoms with E-state index in [-0.39, 0.29) is 0 Å². The van der Waals surface area contributed by atoms with Crippen LogP contribution in [0.2, 0.25) is 0 Å². The number of alkyl halides is 1. The summed E-state index contributed by atoms with van der Waals surface area (Å²) in [5.74, 6) is 0.